The Labute approximate surface area is 167 Å². The van der Waals surface area contributed by atoms with Gasteiger partial charge >= 0.3 is 0 Å². The van der Waals surface area contributed by atoms with E-state index in [2.05, 4.69) is 6.58 Å². The molecule has 0 amide bonds. The highest BCUT2D eigenvalue weighted by Crippen LogP contribution is 2.37. The molecule has 0 aromatic heterocycles. The molecule has 0 aromatic rings. The van der Waals surface area contributed by atoms with Crippen molar-refractivity contribution in [1.29, 1.82) is 0 Å². The second-order valence-corrected chi connectivity index (χ2v) is 6.37. The highest BCUT2D eigenvalue weighted by atomic mass is 35.5. The van der Waals surface area contributed by atoms with Gasteiger partial charge in [0.05, 0.1) is 0 Å². The quantitative estimate of drug-likeness (QED) is 0.286. The molecular weight excluding hydrogens is 356 g/mol. The number of allylic oxidation sites excluding steroid dienone is 15. The Bertz CT molecular complexity index is 824. The first kappa shape index (κ1) is 22.6. The van der Waals surface area contributed by atoms with Gasteiger partial charge in [0.25, 0.3) is 0 Å². The highest BCUT2D eigenvalue weighted by Gasteiger charge is 2.32. The lowest BCUT2D eigenvalue weighted by atomic mass is 9.92. The summed E-state index contributed by atoms with van der Waals surface area (Å²) in [5.74, 6) is 0.202. The van der Waals surface area contributed by atoms with E-state index in [-0.39, 0.29) is 18.0 Å². The van der Waals surface area contributed by atoms with Crippen LogP contribution in [0.4, 0.5) is 0 Å². The van der Waals surface area contributed by atoms with Crippen molar-refractivity contribution in [2.45, 2.75) is 34.1 Å². The molecule has 0 aromatic carbocycles. The minimum absolute atomic E-state index is 0.0495. The van der Waals surface area contributed by atoms with Crippen LogP contribution >= 0.6 is 11.6 Å². The van der Waals surface area contributed by atoms with Crippen molar-refractivity contribution >= 4 is 23.2 Å². The van der Waals surface area contributed by atoms with E-state index in [0.717, 1.165) is 22.3 Å². The molecule has 0 unspecified atom stereocenters. The summed E-state index contributed by atoms with van der Waals surface area (Å²) in [5.41, 5.74) is 4.13. The van der Waals surface area contributed by atoms with Gasteiger partial charge < -0.3 is 0 Å². The molecular formula is C24H27ClO2. The monoisotopic (exact) mass is 382 g/mol. The van der Waals surface area contributed by atoms with E-state index in [9.17, 15) is 9.59 Å². The van der Waals surface area contributed by atoms with Gasteiger partial charge in [0.2, 0.25) is 0 Å². The molecule has 0 bridgehead atoms. The molecule has 0 spiro atoms. The predicted molar refractivity (Wildman–Crippen MR) is 116 cm³/mol. The van der Waals surface area contributed by atoms with Crippen molar-refractivity contribution in [2.75, 3.05) is 5.88 Å². The first-order chi connectivity index (χ1) is 12.9. The minimum Gasteiger partial charge on any atom is -0.294 e. The summed E-state index contributed by atoms with van der Waals surface area (Å²) < 4.78 is 0. The summed E-state index contributed by atoms with van der Waals surface area (Å²) in [4.78, 5) is 25.3. The van der Waals surface area contributed by atoms with Crippen molar-refractivity contribution in [1.82, 2.24) is 0 Å². The summed E-state index contributed by atoms with van der Waals surface area (Å²) >= 11 is 5.78. The fourth-order valence-corrected chi connectivity index (χ4v) is 3.06. The SMILES string of the molecule is C=C/C(=C\C=C/C)C1=C(C(C)=O)/C(=C(C)/C(/C=C\CCl)=C/C=C\C)C(=O)C1. The van der Waals surface area contributed by atoms with Crippen LogP contribution in [0.5, 0.6) is 0 Å². The van der Waals surface area contributed by atoms with Gasteiger partial charge in [0, 0.05) is 23.4 Å². The van der Waals surface area contributed by atoms with Crippen LogP contribution in [-0.2, 0) is 9.59 Å². The van der Waals surface area contributed by atoms with E-state index in [1.54, 1.807) is 6.08 Å². The van der Waals surface area contributed by atoms with Gasteiger partial charge in [-0.15, -0.1) is 11.6 Å². The summed E-state index contributed by atoms with van der Waals surface area (Å²) in [6.45, 7) is 11.0. The van der Waals surface area contributed by atoms with E-state index in [1.165, 1.54) is 6.92 Å². The summed E-state index contributed by atoms with van der Waals surface area (Å²) in [7, 11) is 0. The lowest BCUT2D eigenvalue weighted by Gasteiger charge is -2.10. The number of hydrogen-bond donors (Lipinski definition) is 0. The molecule has 0 fully saturated rings. The van der Waals surface area contributed by atoms with Crippen LogP contribution in [0.1, 0.15) is 34.1 Å². The Hall–Kier alpha value is -2.45. The van der Waals surface area contributed by atoms with Crippen LogP contribution in [0.3, 0.4) is 0 Å². The van der Waals surface area contributed by atoms with Crippen LogP contribution in [-0.4, -0.2) is 17.4 Å². The van der Waals surface area contributed by atoms with Gasteiger partial charge in [0.1, 0.15) is 0 Å². The Kier molecular flexibility index (Phi) is 9.46. The number of carbonyl (C=O) groups excluding carboxylic acids is 2. The molecule has 0 atom stereocenters. The summed E-state index contributed by atoms with van der Waals surface area (Å²) in [6, 6.07) is 0. The van der Waals surface area contributed by atoms with Crippen molar-refractivity contribution in [3.8, 4) is 0 Å². The van der Waals surface area contributed by atoms with Gasteiger partial charge in [-0.3, -0.25) is 9.59 Å². The largest absolute Gasteiger partial charge is 0.294 e. The van der Waals surface area contributed by atoms with Crippen LogP contribution in [0.2, 0.25) is 0 Å². The van der Waals surface area contributed by atoms with Crippen molar-refractivity contribution in [3.05, 3.63) is 94.7 Å². The van der Waals surface area contributed by atoms with Crippen LogP contribution < -0.4 is 0 Å². The molecule has 1 aliphatic carbocycles. The molecule has 0 aliphatic heterocycles. The second-order valence-electron chi connectivity index (χ2n) is 6.07. The van der Waals surface area contributed by atoms with Crippen LogP contribution in [0, 0.1) is 0 Å². The molecule has 0 heterocycles. The number of rotatable bonds is 8. The van der Waals surface area contributed by atoms with Gasteiger partial charge in [-0.2, -0.15) is 0 Å². The van der Waals surface area contributed by atoms with E-state index in [0.29, 0.717) is 17.0 Å². The number of halogens is 1. The van der Waals surface area contributed by atoms with E-state index in [4.69, 9.17) is 11.6 Å². The first-order valence-electron chi connectivity index (χ1n) is 8.93. The van der Waals surface area contributed by atoms with Gasteiger partial charge in [0.15, 0.2) is 11.6 Å². The maximum atomic E-state index is 12.9. The number of carbonyl (C=O) groups is 2. The van der Waals surface area contributed by atoms with Crippen LogP contribution in [0.25, 0.3) is 0 Å². The molecule has 3 heteroatoms. The van der Waals surface area contributed by atoms with Gasteiger partial charge in [-0.25, -0.2) is 0 Å². The summed E-state index contributed by atoms with van der Waals surface area (Å²) in [5, 5.41) is 0. The Morgan fingerprint density at radius 3 is 2.30 bits per heavy atom. The molecule has 0 N–H and O–H groups in total. The number of ketones is 2. The Balaban J connectivity index is 3.74. The Morgan fingerprint density at radius 1 is 1.15 bits per heavy atom. The molecule has 142 valence electrons. The Morgan fingerprint density at radius 2 is 1.78 bits per heavy atom. The molecule has 27 heavy (non-hydrogen) atoms. The van der Waals surface area contributed by atoms with E-state index < -0.39 is 0 Å². The molecule has 1 aliphatic rings. The second kappa shape index (κ2) is 11.3. The molecule has 1 rings (SSSR count). The van der Waals surface area contributed by atoms with Crippen LogP contribution in [0.15, 0.2) is 94.7 Å². The number of hydrogen-bond acceptors (Lipinski definition) is 2. The van der Waals surface area contributed by atoms with Crippen molar-refractivity contribution in [3.63, 3.8) is 0 Å². The maximum absolute atomic E-state index is 12.9. The molecule has 2 nitrogen and oxygen atoms in total. The predicted octanol–water partition coefficient (Wildman–Crippen LogP) is 6.15. The zero-order chi connectivity index (χ0) is 20.4. The standard InChI is InChI=1S/C24H27ClO2/c1-6-9-12-19(8-3)21-16-22(27)23(24(21)18(5)26)17(4)20(13-10-7-2)14-11-15-25/h6-14H,3,15-16H2,1-2,4-5H3/b9-6-,10-7-,14-11-,19-12+,20-13+,23-17+. The minimum atomic E-state index is -0.120. The third-order valence-corrected chi connectivity index (χ3v) is 4.40. The normalized spacial score (nSPS) is 18.5. The lowest BCUT2D eigenvalue weighted by Crippen LogP contribution is -2.06. The first-order valence-corrected chi connectivity index (χ1v) is 9.46. The average molecular weight is 383 g/mol. The zero-order valence-corrected chi connectivity index (χ0v) is 17.3. The maximum Gasteiger partial charge on any atom is 0.168 e. The topological polar surface area (TPSA) is 34.1 Å². The number of Topliss-reactive ketones (excluding diaryl/α,β-unsaturated/α-hetero) is 2. The zero-order valence-electron chi connectivity index (χ0n) is 16.5. The average Bonchev–Trinajstić information content (AvgIpc) is 2.99. The fourth-order valence-electron chi connectivity index (χ4n) is 2.97. The van der Waals surface area contributed by atoms with Gasteiger partial charge in [-0.05, 0) is 50.0 Å². The van der Waals surface area contributed by atoms with Crippen molar-refractivity contribution < 1.29 is 9.59 Å². The third-order valence-electron chi connectivity index (χ3n) is 4.22. The van der Waals surface area contributed by atoms with E-state index >= 15 is 0 Å². The fraction of sp³-hybridized carbons (Fsp3) is 0.250. The van der Waals surface area contributed by atoms with E-state index in [1.807, 2.05) is 69.4 Å². The van der Waals surface area contributed by atoms with Gasteiger partial charge in [-0.1, -0.05) is 61.3 Å². The lowest BCUT2D eigenvalue weighted by molar-refractivity contribution is -0.116. The molecule has 0 saturated carbocycles. The highest BCUT2D eigenvalue weighted by molar-refractivity contribution is 6.19. The van der Waals surface area contributed by atoms with Crippen molar-refractivity contribution in [2.24, 2.45) is 0 Å². The summed E-state index contributed by atoms with van der Waals surface area (Å²) in [6.07, 6.45) is 17.0. The smallest absolute Gasteiger partial charge is 0.168 e. The number of alkyl halides is 1. The molecule has 0 saturated heterocycles. The molecule has 0 radical (unpaired) electrons. The third kappa shape index (κ3) is 5.77.